The smallest absolute Gasteiger partial charge is 0.417 e. The van der Waals surface area contributed by atoms with E-state index in [1.807, 2.05) is 0 Å². The zero-order valence-corrected chi connectivity index (χ0v) is 12.8. The molecule has 7 heteroatoms. The van der Waals surface area contributed by atoms with Crippen LogP contribution in [0.3, 0.4) is 0 Å². The Morgan fingerprint density at radius 1 is 1.22 bits per heavy atom. The summed E-state index contributed by atoms with van der Waals surface area (Å²) < 4.78 is 5.05. The molecule has 0 unspecified atom stereocenters. The van der Waals surface area contributed by atoms with Gasteiger partial charge in [-0.1, -0.05) is 12.1 Å². The summed E-state index contributed by atoms with van der Waals surface area (Å²) in [5.74, 6) is 0. The van der Waals surface area contributed by atoms with Gasteiger partial charge in [0.05, 0.1) is 31.1 Å². The molecule has 0 spiro atoms. The number of anilines is 1. The Labute approximate surface area is 133 Å². The van der Waals surface area contributed by atoms with Crippen molar-refractivity contribution in [1.29, 1.82) is 0 Å². The molecule has 1 aliphatic heterocycles. The minimum Gasteiger partial charge on any atom is -0.418 e. The predicted octanol–water partition coefficient (Wildman–Crippen LogP) is 1.18. The van der Waals surface area contributed by atoms with Gasteiger partial charge in [-0.2, -0.15) is 0 Å². The number of nitrogens with zero attached hydrogens (tertiary/aromatic N) is 1. The number of quaternary nitrogens is 1. The Balaban J connectivity index is 1.86. The van der Waals surface area contributed by atoms with Crippen LogP contribution in [0, 0.1) is 10.1 Å². The topological polar surface area (TPSA) is 89.8 Å². The summed E-state index contributed by atoms with van der Waals surface area (Å²) in [4.78, 5) is 24.0. The van der Waals surface area contributed by atoms with Crippen molar-refractivity contribution >= 4 is 22.3 Å². The van der Waals surface area contributed by atoms with Crippen LogP contribution in [0.1, 0.15) is 19.3 Å². The van der Waals surface area contributed by atoms with Gasteiger partial charge in [-0.05, 0) is 31.4 Å². The molecule has 0 bridgehead atoms. The summed E-state index contributed by atoms with van der Waals surface area (Å²) in [6.45, 7) is 3.75. The van der Waals surface area contributed by atoms with Gasteiger partial charge in [0.1, 0.15) is 11.3 Å². The molecule has 0 amide bonds. The zero-order chi connectivity index (χ0) is 16.2. The normalized spacial score (nSPS) is 15.7. The molecule has 1 aromatic heterocycles. The van der Waals surface area contributed by atoms with Crippen molar-refractivity contribution in [2.24, 2.45) is 0 Å². The van der Waals surface area contributed by atoms with Gasteiger partial charge in [-0.3, -0.25) is 10.1 Å². The lowest BCUT2D eigenvalue weighted by atomic mass is 10.1. The van der Waals surface area contributed by atoms with Gasteiger partial charge in [0.15, 0.2) is 0 Å². The summed E-state index contributed by atoms with van der Waals surface area (Å²) in [5.41, 5.74) is -0.812. The van der Waals surface area contributed by atoms with Crippen molar-refractivity contribution in [1.82, 2.24) is 0 Å². The first-order chi connectivity index (χ1) is 11.2. The van der Waals surface area contributed by atoms with E-state index in [0.29, 0.717) is 17.5 Å². The molecule has 0 radical (unpaired) electrons. The van der Waals surface area contributed by atoms with Gasteiger partial charge in [0.25, 0.3) is 0 Å². The fourth-order valence-corrected chi connectivity index (χ4v) is 3.15. The summed E-state index contributed by atoms with van der Waals surface area (Å²) in [7, 11) is 0. The number of para-hydroxylation sites is 1. The molecule has 1 fully saturated rings. The average Bonchev–Trinajstić information content (AvgIpc) is 2.55. The third-order valence-corrected chi connectivity index (χ3v) is 4.31. The molecule has 0 saturated carbocycles. The van der Waals surface area contributed by atoms with E-state index in [1.54, 1.807) is 24.3 Å². The maximum Gasteiger partial charge on any atom is 0.417 e. The van der Waals surface area contributed by atoms with Gasteiger partial charge < -0.3 is 14.6 Å². The average molecular weight is 318 g/mol. The molecule has 2 heterocycles. The molecule has 2 aromatic rings. The van der Waals surface area contributed by atoms with Crippen molar-refractivity contribution in [2.45, 2.75) is 19.3 Å². The van der Waals surface area contributed by atoms with Gasteiger partial charge in [0, 0.05) is 5.39 Å². The molecule has 7 nitrogen and oxygen atoms in total. The SMILES string of the molecule is O=c1oc2ccccc2c(NCC[NH+]2CCCCC2)c1[N+](=O)[O-]. The standard InChI is InChI=1S/C16H19N3O4/c20-16-15(19(21)22)14(12-6-2-3-7-13(12)23-16)17-8-11-18-9-4-1-5-10-18/h2-3,6-7,17H,1,4-5,8-11H2/p+1. The third kappa shape index (κ3) is 3.34. The number of hydrogen-bond donors (Lipinski definition) is 2. The van der Waals surface area contributed by atoms with Crippen LogP contribution >= 0.6 is 0 Å². The van der Waals surface area contributed by atoms with E-state index in [2.05, 4.69) is 5.32 Å². The zero-order valence-electron chi connectivity index (χ0n) is 12.8. The van der Waals surface area contributed by atoms with Crippen LogP contribution < -0.4 is 15.8 Å². The third-order valence-electron chi connectivity index (χ3n) is 4.31. The van der Waals surface area contributed by atoms with Crippen molar-refractivity contribution in [2.75, 3.05) is 31.5 Å². The first-order valence-corrected chi connectivity index (χ1v) is 7.94. The number of nitrogens with one attached hydrogen (secondary N) is 2. The quantitative estimate of drug-likeness (QED) is 0.491. The van der Waals surface area contributed by atoms with Crippen molar-refractivity contribution in [3.8, 4) is 0 Å². The Morgan fingerprint density at radius 2 is 1.96 bits per heavy atom. The maximum absolute atomic E-state index is 11.9. The van der Waals surface area contributed by atoms with Crippen LogP contribution in [0.2, 0.25) is 0 Å². The number of hydrogen-bond acceptors (Lipinski definition) is 5. The summed E-state index contributed by atoms with van der Waals surface area (Å²) >= 11 is 0. The fourth-order valence-electron chi connectivity index (χ4n) is 3.15. The van der Waals surface area contributed by atoms with E-state index in [0.717, 1.165) is 19.6 Å². The van der Waals surface area contributed by atoms with Gasteiger partial charge in [0.2, 0.25) is 0 Å². The predicted molar refractivity (Wildman–Crippen MR) is 87.0 cm³/mol. The lowest BCUT2D eigenvalue weighted by molar-refractivity contribution is -0.903. The first-order valence-electron chi connectivity index (χ1n) is 7.94. The number of rotatable bonds is 5. The van der Waals surface area contributed by atoms with Crippen molar-refractivity contribution in [3.63, 3.8) is 0 Å². The van der Waals surface area contributed by atoms with Gasteiger partial charge >= 0.3 is 11.3 Å². The second-order valence-electron chi connectivity index (χ2n) is 5.85. The molecule has 23 heavy (non-hydrogen) atoms. The van der Waals surface area contributed by atoms with Crippen LogP contribution in [0.4, 0.5) is 11.4 Å². The minimum atomic E-state index is -0.915. The molecular formula is C16H20N3O4+. The van der Waals surface area contributed by atoms with Gasteiger partial charge in [-0.15, -0.1) is 0 Å². The second-order valence-corrected chi connectivity index (χ2v) is 5.85. The molecule has 122 valence electrons. The van der Waals surface area contributed by atoms with Gasteiger partial charge in [-0.25, -0.2) is 4.79 Å². The highest BCUT2D eigenvalue weighted by Gasteiger charge is 2.24. The summed E-state index contributed by atoms with van der Waals surface area (Å²) in [6, 6.07) is 6.87. The van der Waals surface area contributed by atoms with E-state index in [1.165, 1.54) is 24.2 Å². The van der Waals surface area contributed by atoms with Crippen LogP contribution in [-0.4, -0.2) is 31.1 Å². The number of piperidine rings is 1. The molecule has 3 rings (SSSR count). The highest BCUT2D eigenvalue weighted by atomic mass is 16.6. The highest BCUT2D eigenvalue weighted by molar-refractivity contribution is 5.94. The van der Waals surface area contributed by atoms with Crippen molar-refractivity contribution < 1.29 is 14.2 Å². The van der Waals surface area contributed by atoms with E-state index < -0.39 is 16.2 Å². The number of nitro groups is 1. The van der Waals surface area contributed by atoms with Crippen LogP contribution in [0.5, 0.6) is 0 Å². The lowest BCUT2D eigenvalue weighted by Crippen LogP contribution is -3.13. The number of likely N-dealkylation sites (tertiary alicyclic amines) is 1. The molecule has 0 atom stereocenters. The van der Waals surface area contributed by atoms with Crippen LogP contribution in [0.15, 0.2) is 33.5 Å². The number of benzene rings is 1. The molecular weight excluding hydrogens is 298 g/mol. The first kappa shape index (κ1) is 15.5. The molecule has 2 N–H and O–H groups in total. The Bertz CT molecular complexity index is 765. The minimum absolute atomic E-state index is 0.262. The lowest BCUT2D eigenvalue weighted by Gasteiger charge is -2.23. The summed E-state index contributed by atoms with van der Waals surface area (Å²) in [5, 5.41) is 14.9. The van der Waals surface area contributed by atoms with E-state index in [9.17, 15) is 14.9 Å². The van der Waals surface area contributed by atoms with Crippen LogP contribution in [0.25, 0.3) is 11.0 Å². The fraction of sp³-hybridized carbons (Fsp3) is 0.438. The monoisotopic (exact) mass is 318 g/mol. The van der Waals surface area contributed by atoms with E-state index in [4.69, 9.17) is 4.42 Å². The molecule has 1 aliphatic rings. The Morgan fingerprint density at radius 3 is 2.70 bits per heavy atom. The Hall–Kier alpha value is -2.41. The Kier molecular flexibility index (Phi) is 4.57. The molecule has 1 aromatic carbocycles. The van der Waals surface area contributed by atoms with E-state index >= 15 is 0 Å². The second kappa shape index (κ2) is 6.78. The highest BCUT2D eigenvalue weighted by Crippen LogP contribution is 2.29. The number of fused-ring (bicyclic) bond motifs is 1. The van der Waals surface area contributed by atoms with E-state index in [-0.39, 0.29) is 5.69 Å². The molecule has 0 aliphatic carbocycles. The molecule has 1 saturated heterocycles. The van der Waals surface area contributed by atoms with Crippen LogP contribution in [-0.2, 0) is 0 Å². The largest absolute Gasteiger partial charge is 0.418 e. The maximum atomic E-state index is 11.9. The summed E-state index contributed by atoms with van der Waals surface area (Å²) in [6.07, 6.45) is 3.74. The van der Waals surface area contributed by atoms with Crippen molar-refractivity contribution in [3.05, 3.63) is 44.8 Å².